The third-order valence-corrected chi connectivity index (χ3v) is 8.80. The van der Waals surface area contributed by atoms with Crippen molar-refractivity contribution in [1.29, 1.82) is 0 Å². The van der Waals surface area contributed by atoms with Crippen molar-refractivity contribution >= 4 is 40.8 Å². The van der Waals surface area contributed by atoms with Crippen LogP contribution < -0.4 is 10.2 Å². The number of nitrogens with zero attached hydrogens (tertiary/aromatic N) is 1. The maximum atomic E-state index is 13.0. The second kappa shape index (κ2) is 8.44. The quantitative estimate of drug-likeness (QED) is 0.534. The molecule has 4 nitrogen and oxygen atoms in total. The van der Waals surface area contributed by atoms with Gasteiger partial charge in [0.2, 0.25) is 0 Å². The number of hydrogen-bond donors (Lipinski definition) is 1. The number of fused-ring (bicyclic) bond motifs is 1. The van der Waals surface area contributed by atoms with Gasteiger partial charge in [-0.05, 0) is 48.7 Å². The zero-order chi connectivity index (χ0) is 20.5. The van der Waals surface area contributed by atoms with Crippen molar-refractivity contribution in [3.8, 4) is 0 Å². The predicted molar refractivity (Wildman–Crippen MR) is 127 cm³/mol. The maximum absolute atomic E-state index is 13.0. The fourth-order valence-electron chi connectivity index (χ4n) is 4.20. The van der Waals surface area contributed by atoms with Crippen LogP contribution in [0.3, 0.4) is 0 Å². The van der Waals surface area contributed by atoms with Crippen LogP contribution in [-0.2, 0) is 13.0 Å². The highest BCUT2D eigenvalue weighted by Gasteiger charge is 2.28. The van der Waals surface area contributed by atoms with Crippen molar-refractivity contribution < 1.29 is 9.21 Å². The molecule has 6 heteroatoms. The second-order valence-electron chi connectivity index (χ2n) is 7.72. The first-order valence-corrected chi connectivity index (χ1v) is 12.3. The largest absolute Gasteiger partial charge is 0.467 e. The predicted octanol–water partition coefficient (Wildman–Crippen LogP) is 5.96. The highest BCUT2D eigenvalue weighted by Crippen LogP contribution is 2.45. The van der Waals surface area contributed by atoms with E-state index in [1.807, 2.05) is 35.7 Å². The molecule has 1 unspecified atom stereocenters. The topological polar surface area (TPSA) is 45.5 Å². The van der Waals surface area contributed by atoms with E-state index in [1.54, 1.807) is 12.3 Å². The molecule has 2 aromatic carbocycles. The molecule has 5 rings (SSSR count). The van der Waals surface area contributed by atoms with Crippen LogP contribution in [0.2, 0.25) is 0 Å². The van der Waals surface area contributed by atoms with Crippen molar-refractivity contribution in [2.75, 3.05) is 21.7 Å². The van der Waals surface area contributed by atoms with Gasteiger partial charge in [0.15, 0.2) is 0 Å². The number of benzene rings is 2. The van der Waals surface area contributed by atoms with Gasteiger partial charge in [0.05, 0.1) is 23.0 Å². The molecule has 0 saturated carbocycles. The van der Waals surface area contributed by atoms with Crippen LogP contribution >= 0.6 is 23.5 Å². The van der Waals surface area contributed by atoms with Gasteiger partial charge >= 0.3 is 0 Å². The minimum Gasteiger partial charge on any atom is -0.467 e. The molecule has 1 atom stereocenters. The summed E-state index contributed by atoms with van der Waals surface area (Å²) in [7, 11) is 0. The number of rotatable bonds is 5. The lowest BCUT2D eigenvalue weighted by molar-refractivity contribution is 0.102. The monoisotopic (exact) mass is 436 g/mol. The molecular formula is C24H24N2O2S2. The van der Waals surface area contributed by atoms with Crippen LogP contribution in [0.15, 0.2) is 65.3 Å². The molecule has 30 heavy (non-hydrogen) atoms. The van der Waals surface area contributed by atoms with Crippen LogP contribution in [0.4, 0.5) is 11.4 Å². The van der Waals surface area contributed by atoms with Gasteiger partial charge in [0.25, 0.3) is 5.91 Å². The van der Waals surface area contributed by atoms with Gasteiger partial charge in [-0.15, -0.1) is 23.5 Å². The number of amides is 1. The van der Waals surface area contributed by atoms with E-state index in [0.29, 0.717) is 28.5 Å². The van der Waals surface area contributed by atoms with E-state index in [4.69, 9.17) is 4.42 Å². The first-order valence-electron chi connectivity index (χ1n) is 10.2. The minimum absolute atomic E-state index is 0.122. The first kappa shape index (κ1) is 19.6. The van der Waals surface area contributed by atoms with E-state index in [0.717, 1.165) is 12.1 Å². The third kappa shape index (κ3) is 3.86. The summed E-state index contributed by atoms with van der Waals surface area (Å²) in [6, 6.07) is 18.8. The lowest BCUT2D eigenvalue weighted by atomic mass is 10.1. The van der Waals surface area contributed by atoms with Gasteiger partial charge < -0.3 is 14.6 Å². The molecule has 1 saturated heterocycles. The Labute approximate surface area is 185 Å². The van der Waals surface area contributed by atoms with E-state index < -0.39 is 0 Å². The summed E-state index contributed by atoms with van der Waals surface area (Å²) in [4.78, 5) is 15.3. The van der Waals surface area contributed by atoms with Crippen LogP contribution in [0.1, 0.15) is 38.8 Å². The molecule has 3 heterocycles. The van der Waals surface area contributed by atoms with E-state index in [1.165, 1.54) is 28.3 Å². The van der Waals surface area contributed by atoms with E-state index in [2.05, 4.69) is 53.5 Å². The van der Waals surface area contributed by atoms with Gasteiger partial charge in [0.1, 0.15) is 5.76 Å². The van der Waals surface area contributed by atoms with Crippen molar-refractivity contribution in [2.45, 2.75) is 30.5 Å². The van der Waals surface area contributed by atoms with Crippen LogP contribution in [0.5, 0.6) is 0 Å². The third-order valence-electron chi connectivity index (χ3n) is 5.69. The number of para-hydroxylation sites is 1. The smallest absolute Gasteiger partial charge is 0.259 e. The summed E-state index contributed by atoms with van der Waals surface area (Å²) in [5, 5.41) is 3.07. The SMILES string of the molecule is CC1Cc2ccccc2N1Cc1occc1C(=O)Nc1cccc(C2SCCS2)c1. The Kier molecular flexibility index (Phi) is 5.52. The van der Waals surface area contributed by atoms with Gasteiger partial charge in [-0.3, -0.25) is 4.79 Å². The highest BCUT2D eigenvalue weighted by atomic mass is 32.2. The molecule has 1 N–H and O–H groups in total. The molecular weight excluding hydrogens is 412 g/mol. The Hall–Kier alpha value is -2.31. The van der Waals surface area contributed by atoms with Crippen molar-refractivity contribution in [2.24, 2.45) is 0 Å². The molecule has 0 bridgehead atoms. The summed E-state index contributed by atoms with van der Waals surface area (Å²) < 4.78 is 6.21. The van der Waals surface area contributed by atoms with Crippen molar-refractivity contribution in [1.82, 2.24) is 0 Å². The molecule has 2 aliphatic rings. The zero-order valence-electron chi connectivity index (χ0n) is 16.8. The molecule has 1 aromatic heterocycles. The van der Waals surface area contributed by atoms with Crippen molar-refractivity contribution in [3.63, 3.8) is 0 Å². The molecule has 0 radical (unpaired) electrons. The number of furan rings is 1. The number of nitrogens with one attached hydrogen (secondary N) is 1. The average Bonchev–Trinajstić information content (AvgIpc) is 3.50. The molecule has 1 fully saturated rings. The van der Waals surface area contributed by atoms with Gasteiger partial charge in [-0.25, -0.2) is 0 Å². The average molecular weight is 437 g/mol. The molecule has 154 valence electrons. The Morgan fingerprint density at radius 3 is 2.83 bits per heavy atom. The van der Waals surface area contributed by atoms with Crippen LogP contribution in [0.25, 0.3) is 0 Å². The number of anilines is 2. The van der Waals surface area contributed by atoms with Gasteiger partial charge in [-0.2, -0.15) is 0 Å². The molecule has 0 aliphatic carbocycles. The molecule has 3 aromatic rings. The van der Waals surface area contributed by atoms with Crippen molar-refractivity contribution in [3.05, 3.63) is 83.3 Å². The van der Waals surface area contributed by atoms with Crippen LogP contribution in [-0.4, -0.2) is 23.5 Å². The highest BCUT2D eigenvalue weighted by molar-refractivity contribution is 8.19. The Morgan fingerprint density at radius 1 is 1.13 bits per heavy atom. The number of carbonyl (C=O) groups excluding carboxylic acids is 1. The minimum atomic E-state index is -0.122. The summed E-state index contributed by atoms with van der Waals surface area (Å²) in [5.74, 6) is 2.95. The number of hydrogen-bond acceptors (Lipinski definition) is 5. The summed E-state index contributed by atoms with van der Waals surface area (Å²) >= 11 is 3.93. The van der Waals surface area contributed by atoms with Gasteiger partial charge in [-0.1, -0.05) is 30.3 Å². The molecule has 0 spiro atoms. The Bertz CT molecular complexity index is 1060. The van der Waals surface area contributed by atoms with E-state index in [9.17, 15) is 4.79 Å². The summed E-state index contributed by atoms with van der Waals surface area (Å²) in [5.41, 5.74) is 5.27. The van der Waals surface area contributed by atoms with E-state index >= 15 is 0 Å². The standard InChI is InChI=1S/C24H24N2O2S2/c1-16-13-17-5-2-3-8-21(17)26(16)15-22-20(9-10-28-22)23(27)25-19-7-4-6-18(14-19)24-29-11-12-30-24/h2-10,14,16,24H,11-13,15H2,1H3,(H,25,27). The maximum Gasteiger partial charge on any atom is 0.259 e. The van der Waals surface area contributed by atoms with E-state index in [-0.39, 0.29) is 5.91 Å². The second-order valence-corrected chi connectivity index (χ2v) is 10.4. The summed E-state index contributed by atoms with van der Waals surface area (Å²) in [6.07, 6.45) is 2.63. The van der Waals surface area contributed by atoms with Crippen LogP contribution in [0, 0.1) is 0 Å². The molecule has 2 aliphatic heterocycles. The zero-order valence-corrected chi connectivity index (χ0v) is 18.5. The fraction of sp³-hybridized carbons (Fsp3) is 0.292. The fourth-order valence-corrected chi connectivity index (χ4v) is 7.04. The first-order chi connectivity index (χ1) is 14.7. The lowest BCUT2D eigenvalue weighted by Crippen LogP contribution is -2.29. The van der Waals surface area contributed by atoms with Gasteiger partial charge in [0, 0.05) is 28.9 Å². The summed E-state index contributed by atoms with van der Waals surface area (Å²) in [6.45, 7) is 2.80. The Balaban J connectivity index is 1.33. The normalized spacial score (nSPS) is 18.6. The lowest BCUT2D eigenvalue weighted by Gasteiger charge is -2.24. The Morgan fingerprint density at radius 2 is 1.97 bits per heavy atom. The molecule has 1 amide bonds. The number of thioether (sulfide) groups is 2. The number of carbonyl (C=O) groups is 1.